The van der Waals surface area contributed by atoms with Crippen molar-refractivity contribution < 1.29 is 29.6 Å². The molecule has 4 nitrogen and oxygen atoms in total. The first-order valence-electron chi connectivity index (χ1n) is 14.9. The maximum Gasteiger partial charge on any atom is 0.239 e. The zero-order valence-corrected chi connectivity index (χ0v) is 28.0. The summed E-state index contributed by atoms with van der Waals surface area (Å²) in [7, 11) is 0. The minimum atomic E-state index is 0. The molecule has 0 spiro atoms. The number of aryl methyl sites for hydroxylation is 1. The zero-order chi connectivity index (χ0) is 30.3. The fourth-order valence-corrected chi connectivity index (χ4v) is 5.68. The molecular weight excluding hydrogens is 731 g/mol. The van der Waals surface area contributed by atoms with Crippen LogP contribution in [0.25, 0.3) is 22.5 Å². The van der Waals surface area contributed by atoms with Gasteiger partial charge >= 0.3 is 0 Å². The standard InChI is InChI=1S/C23H13BNO2.C16H18N.Ir/c1-3-10-19-16(7-1)24-17-8-2-4-11-20(17)27-23-15(18-9-5-6-14-25-18)12-13-21(26-19)22(23)24;1-12-5-7-13(8-6-12)15-10-9-14(11-17-15)16(2,3)4;/h1-11,13-14H;5-7,9-11H,1-4H3;/q2*-1;. The smallest absolute Gasteiger partial charge is 0.239 e. The molecular formula is C39H31BIrN2O2-2. The number of hydrogen-bond donors (Lipinski definition) is 0. The number of aromatic nitrogens is 2. The summed E-state index contributed by atoms with van der Waals surface area (Å²) in [6.07, 6.45) is 3.75. The Labute approximate surface area is 279 Å². The molecule has 0 bridgehead atoms. The summed E-state index contributed by atoms with van der Waals surface area (Å²) < 4.78 is 12.6. The van der Waals surface area contributed by atoms with Crippen LogP contribution in [-0.2, 0) is 25.5 Å². The molecule has 0 unspecified atom stereocenters. The first kappa shape index (κ1) is 30.5. The maximum absolute atomic E-state index is 6.37. The van der Waals surface area contributed by atoms with Crippen LogP contribution in [0.2, 0.25) is 0 Å². The molecule has 0 fully saturated rings. The minimum absolute atomic E-state index is 0. The number of benzene rings is 4. The third-order valence-corrected chi connectivity index (χ3v) is 8.06. The molecule has 0 atom stereocenters. The Bertz CT molecular complexity index is 1940. The van der Waals surface area contributed by atoms with Gasteiger partial charge in [0.25, 0.3) is 0 Å². The molecule has 223 valence electrons. The molecule has 6 heteroatoms. The van der Waals surface area contributed by atoms with Crippen molar-refractivity contribution in [3.8, 4) is 45.5 Å². The second-order valence-electron chi connectivity index (χ2n) is 12.2. The predicted molar refractivity (Wildman–Crippen MR) is 178 cm³/mol. The van der Waals surface area contributed by atoms with E-state index < -0.39 is 0 Å². The zero-order valence-electron chi connectivity index (χ0n) is 25.6. The molecule has 45 heavy (non-hydrogen) atoms. The summed E-state index contributed by atoms with van der Waals surface area (Å²) >= 11 is 0. The Balaban J connectivity index is 0.000000173. The Morgan fingerprint density at radius 2 is 1.38 bits per heavy atom. The van der Waals surface area contributed by atoms with Gasteiger partial charge in [-0.25, -0.2) is 0 Å². The van der Waals surface area contributed by atoms with Crippen LogP contribution in [0.4, 0.5) is 0 Å². The van der Waals surface area contributed by atoms with E-state index in [1.54, 1.807) is 6.20 Å². The molecule has 0 amide bonds. The Morgan fingerprint density at radius 1 is 0.667 bits per heavy atom. The third-order valence-electron chi connectivity index (χ3n) is 8.06. The van der Waals surface area contributed by atoms with Crippen LogP contribution in [0.15, 0.2) is 116 Å². The van der Waals surface area contributed by atoms with Gasteiger partial charge in [0.05, 0.1) is 0 Å². The summed E-state index contributed by atoms with van der Waals surface area (Å²) in [6, 6.07) is 41.1. The topological polar surface area (TPSA) is 44.2 Å². The molecule has 0 N–H and O–H groups in total. The number of rotatable bonds is 2. The fourth-order valence-electron chi connectivity index (χ4n) is 5.68. The summed E-state index contributed by atoms with van der Waals surface area (Å²) in [6.45, 7) is 8.73. The summed E-state index contributed by atoms with van der Waals surface area (Å²) in [4.78, 5) is 9.02. The van der Waals surface area contributed by atoms with Gasteiger partial charge in [-0.15, -0.1) is 47.5 Å². The van der Waals surface area contributed by atoms with Crippen molar-refractivity contribution >= 4 is 23.1 Å². The molecule has 0 aliphatic carbocycles. The van der Waals surface area contributed by atoms with Crippen molar-refractivity contribution in [3.05, 3.63) is 139 Å². The van der Waals surface area contributed by atoms with E-state index in [1.165, 1.54) is 11.1 Å². The fraction of sp³-hybridized carbons (Fsp3) is 0.128. The first-order chi connectivity index (χ1) is 21.4. The largest absolute Gasteiger partial charge is 0.503 e. The maximum atomic E-state index is 6.37. The Morgan fingerprint density at radius 3 is 2.00 bits per heavy atom. The molecule has 4 aromatic carbocycles. The molecule has 0 saturated carbocycles. The van der Waals surface area contributed by atoms with E-state index in [1.807, 2.05) is 60.8 Å². The summed E-state index contributed by atoms with van der Waals surface area (Å²) in [5.74, 6) is 3.33. The van der Waals surface area contributed by atoms with E-state index in [-0.39, 0.29) is 32.2 Å². The van der Waals surface area contributed by atoms with Crippen molar-refractivity contribution in [3.63, 3.8) is 0 Å². The normalized spacial score (nSPS) is 12.1. The summed E-state index contributed by atoms with van der Waals surface area (Å²) in [5, 5.41) is 0. The molecule has 2 aromatic heterocycles. The number of nitrogens with zero attached hydrogens (tertiary/aromatic N) is 2. The van der Waals surface area contributed by atoms with Gasteiger partial charge in [0.2, 0.25) is 6.71 Å². The molecule has 6 aromatic rings. The van der Waals surface area contributed by atoms with Gasteiger partial charge in [-0.2, -0.15) is 0 Å². The van der Waals surface area contributed by atoms with E-state index in [2.05, 4.69) is 98.3 Å². The van der Waals surface area contributed by atoms with Crippen LogP contribution in [0.5, 0.6) is 23.0 Å². The number of hydrogen-bond acceptors (Lipinski definition) is 4. The minimum Gasteiger partial charge on any atom is -0.503 e. The monoisotopic (exact) mass is 763 g/mol. The van der Waals surface area contributed by atoms with Crippen molar-refractivity contribution in [1.29, 1.82) is 0 Å². The van der Waals surface area contributed by atoms with Crippen molar-refractivity contribution in [2.24, 2.45) is 0 Å². The van der Waals surface area contributed by atoms with Crippen LogP contribution < -0.4 is 25.9 Å². The van der Waals surface area contributed by atoms with Crippen molar-refractivity contribution in [2.45, 2.75) is 33.1 Å². The van der Waals surface area contributed by atoms with Gasteiger partial charge in [-0.1, -0.05) is 99.4 Å². The molecule has 8 rings (SSSR count). The quantitative estimate of drug-likeness (QED) is 0.136. The van der Waals surface area contributed by atoms with Crippen LogP contribution >= 0.6 is 0 Å². The summed E-state index contributed by atoms with van der Waals surface area (Å²) in [5.41, 5.74) is 9.72. The van der Waals surface area contributed by atoms with E-state index in [0.717, 1.165) is 61.9 Å². The van der Waals surface area contributed by atoms with Crippen LogP contribution in [0.3, 0.4) is 0 Å². The van der Waals surface area contributed by atoms with E-state index in [4.69, 9.17) is 9.47 Å². The number of fused-ring (bicyclic) bond motifs is 4. The second kappa shape index (κ2) is 12.5. The van der Waals surface area contributed by atoms with Gasteiger partial charge in [-0.3, -0.25) is 0 Å². The Kier molecular flexibility index (Phi) is 8.46. The van der Waals surface area contributed by atoms with Crippen molar-refractivity contribution in [1.82, 2.24) is 9.97 Å². The molecule has 4 heterocycles. The molecule has 2 aliphatic rings. The van der Waals surface area contributed by atoms with E-state index >= 15 is 0 Å². The van der Waals surface area contributed by atoms with Crippen LogP contribution in [0.1, 0.15) is 31.9 Å². The van der Waals surface area contributed by atoms with Gasteiger partial charge in [0.1, 0.15) is 11.5 Å². The number of pyridine rings is 2. The average Bonchev–Trinajstić information content (AvgIpc) is 3.05. The SMILES string of the molecule is Cc1c[c-]c(-c2ccc(C(C)(C)C)cn2)cc1.[Ir].[c-]1cc2c3c(c1-c1ccccn1)Oc1ccccc1B3c1ccccc1O2. The van der Waals surface area contributed by atoms with Gasteiger partial charge in [-0.05, 0) is 51.5 Å². The Hall–Kier alpha value is -4.51. The molecule has 0 saturated heterocycles. The predicted octanol–water partition coefficient (Wildman–Crippen LogP) is 7.43. The van der Waals surface area contributed by atoms with Gasteiger partial charge in [0.15, 0.2) is 0 Å². The molecule has 2 aliphatic heterocycles. The van der Waals surface area contributed by atoms with Gasteiger partial charge in [0, 0.05) is 44.0 Å². The van der Waals surface area contributed by atoms with Crippen molar-refractivity contribution in [2.75, 3.05) is 0 Å². The average molecular weight is 763 g/mol. The number of para-hydroxylation sites is 2. The van der Waals surface area contributed by atoms with Crippen LogP contribution in [0, 0.1) is 19.1 Å². The van der Waals surface area contributed by atoms with Crippen LogP contribution in [-0.4, -0.2) is 16.7 Å². The van der Waals surface area contributed by atoms with E-state index in [9.17, 15) is 0 Å². The number of ether oxygens (including phenoxy) is 2. The van der Waals surface area contributed by atoms with Gasteiger partial charge < -0.3 is 19.4 Å². The molecule has 1 radical (unpaired) electrons. The third kappa shape index (κ3) is 5.96. The first-order valence-corrected chi connectivity index (χ1v) is 14.9. The van der Waals surface area contributed by atoms with E-state index in [0.29, 0.717) is 0 Å². The second-order valence-corrected chi connectivity index (χ2v) is 12.2.